The number of nitrogens with zero attached hydrogens (tertiary/aromatic N) is 2. The molecule has 1 fully saturated rings. The molecule has 0 bridgehead atoms. The molecule has 2 N–H and O–H groups in total. The highest BCUT2D eigenvalue weighted by Crippen LogP contribution is 2.04. The molecule has 0 radical (unpaired) electrons. The molecule has 0 aromatic heterocycles. The maximum Gasteiger partial charge on any atom is 0.150 e. The molecule has 0 aliphatic carbocycles. The Balaban J connectivity index is 2.12. The zero-order valence-electron chi connectivity index (χ0n) is 11.5. The van der Waals surface area contributed by atoms with E-state index in [0.717, 1.165) is 58.7 Å². The van der Waals surface area contributed by atoms with Crippen molar-refractivity contribution in [1.29, 1.82) is 0 Å². The molecule has 1 saturated heterocycles. The zero-order chi connectivity index (χ0) is 13.4. The van der Waals surface area contributed by atoms with Gasteiger partial charge in [0.05, 0.1) is 5.75 Å². The van der Waals surface area contributed by atoms with Gasteiger partial charge in [-0.25, -0.2) is 8.42 Å². The van der Waals surface area contributed by atoms with Crippen molar-refractivity contribution in [3.63, 3.8) is 0 Å². The summed E-state index contributed by atoms with van der Waals surface area (Å²) in [5, 5.41) is 0. The molecule has 0 amide bonds. The lowest BCUT2D eigenvalue weighted by molar-refractivity contribution is 0.132. The molecule has 0 unspecified atom stereocenters. The molecule has 5 nitrogen and oxygen atoms in total. The second-order valence-corrected chi connectivity index (χ2v) is 7.39. The second-order valence-electron chi connectivity index (χ2n) is 4.92. The van der Waals surface area contributed by atoms with E-state index in [1.807, 2.05) is 0 Å². The van der Waals surface area contributed by atoms with Gasteiger partial charge in [0.2, 0.25) is 0 Å². The van der Waals surface area contributed by atoms with Gasteiger partial charge in [0.25, 0.3) is 0 Å². The Labute approximate surface area is 111 Å². The smallest absolute Gasteiger partial charge is 0.150 e. The van der Waals surface area contributed by atoms with Gasteiger partial charge < -0.3 is 15.5 Å². The van der Waals surface area contributed by atoms with Gasteiger partial charge in [-0.3, -0.25) is 0 Å². The van der Waals surface area contributed by atoms with Crippen molar-refractivity contribution in [1.82, 2.24) is 9.80 Å². The van der Waals surface area contributed by atoms with Crippen LogP contribution in [0.2, 0.25) is 0 Å². The van der Waals surface area contributed by atoms with Crippen molar-refractivity contribution in [3.8, 4) is 0 Å². The van der Waals surface area contributed by atoms with Crippen LogP contribution in [0.25, 0.3) is 0 Å². The molecule has 18 heavy (non-hydrogen) atoms. The fourth-order valence-corrected chi connectivity index (χ4v) is 3.06. The van der Waals surface area contributed by atoms with Crippen molar-refractivity contribution in [2.24, 2.45) is 5.73 Å². The molecule has 1 rings (SSSR count). The predicted octanol–water partition coefficient (Wildman–Crippen LogP) is -0.222. The van der Waals surface area contributed by atoms with Gasteiger partial charge >= 0.3 is 0 Å². The largest absolute Gasteiger partial charge is 0.330 e. The molecule has 1 aliphatic heterocycles. The summed E-state index contributed by atoms with van der Waals surface area (Å²) in [4.78, 5) is 4.80. The molecule has 1 heterocycles. The van der Waals surface area contributed by atoms with E-state index < -0.39 is 9.84 Å². The van der Waals surface area contributed by atoms with E-state index in [4.69, 9.17) is 5.73 Å². The minimum absolute atomic E-state index is 0.264. The Bertz CT molecular complexity index is 311. The number of sulfone groups is 1. The highest BCUT2D eigenvalue weighted by molar-refractivity contribution is 7.91. The van der Waals surface area contributed by atoms with E-state index in [2.05, 4.69) is 9.80 Å². The number of nitrogens with two attached hydrogens (primary N) is 1. The van der Waals surface area contributed by atoms with Crippen LogP contribution in [-0.4, -0.2) is 75.5 Å². The van der Waals surface area contributed by atoms with Crippen LogP contribution >= 0.6 is 0 Å². The summed E-state index contributed by atoms with van der Waals surface area (Å²) in [6.07, 6.45) is 1.83. The summed E-state index contributed by atoms with van der Waals surface area (Å²) in [6.45, 7) is 8.74. The lowest BCUT2D eigenvalue weighted by Gasteiger charge is -2.34. The Morgan fingerprint density at radius 1 is 1.00 bits per heavy atom. The maximum atomic E-state index is 11.4. The fourth-order valence-electron chi connectivity index (χ4n) is 2.20. The van der Waals surface area contributed by atoms with Crippen molar-refractivity contribution in [2.45, 2.75) is 19.8 Å². The molecular formula is C12H27N3O2S. The fraction of sp³-hybridized carbons (Fsp3) is 1.00. The Hall–Kier alpha value is -0.170. The van der Waals surface area contributed by atoms with Gasteiger partial charge in [0.15, 0.2) is 0 Å². The molecule has 0 spiro atoms. The van der Waals surface area contributed by atoms with Gasteiger partial charge in [0, 0.05) is 31.9 Å². The predicted molar refractivity (Wildman–Crippen MR) is 75.5 cm³/mol. The average molecular weight is 277 g/mol. The second kappa shape index (κ2) is 8.09. The van der Waals surface area contributed by atoms with E-state index in [0.29, 0.717) is 5.75 Å². The van der Waals surface area contributed by atoms with Crippen LogP contribution in [-0.2, 0) is 9.84 Å². The van der Waals surface area contributed by atoms with Gasteiger partial charge in [-0.15, -0.1) is 0 Å². The third kappa shape index (κ3) is 6.13. The van der Waals surface area contributed by atoms with Crippen LogP contribution in [0.5, 0.6) is 0 Å². The van der Waals surface area contributed by atoms with Crippen LogP contribution in [0.3, 0.4) is 0 Å². The first-order chi connectivity index (χ1) is 8.57. The number of hydrogen-bond acceptors (Lipinski definition) is 5. The third-order valence-electron chi connectivity index (χ3n) is 3.51. The molecule has 0 aromatic carbocycles. The molecule has 0 atom stereocenters. The third-order valence-corrected chi connectivity index (χ3v) is 5.30. The quantitative estimate of drug-likeness (QED) is 0.664. The Morgan fingerprint density at radius 2 is 1.50 bits per heavy atom. The molecule has 1 aliphatic rings. The highest BCUT2D eigenvalue weighted by atomic mass is 32.2. The topological polar surface area (TPSA) is 66.6 Å². The molecule has 6 heteroatoms. The lowest BCUT2D eigenvalue weighted by atomic mass is 10.2. The molecule has 0 aromatic rings. The van der Waals surface area contributed by atoms with Gasteiger partial charge in [0.1, 0.15) is 9.84 Å². The van der Waals surface area contributed by atoms with E-state index in [-0.39, 0.29) is 5.75 Å². The summed E-state index contributed by atoms with van der Waals surface area (Å²) < 4.78 is 22.7. The van der Waals surface area contributed by atoms with E-state index >= 15 is 0 Å². The first-order valence-corrected chi connectivity index (χ1v) is 8.74. The first-order valence-electron chi connectivity index (χ1n) is 6.92. The van der Waals surface area contributed by atoms with Crippen molar-refractivity contribution >= 4 is 9.84 Å². The van der Waals surface area contributed by atoms with Gasteiger partial charge in [-0.05, 0) is 32.5 Å². The van der Waals surface area contributed by atoms with Crippen molar-refractivity contribution < 1.29 is 8.42 Å². The molecule has 108 valence electrons. The Morgan fingerprint density at radius 3 is 1.94 bits per heavy atom. The number of hydrogen-bond donors (Lipinski definition) is 1. The zero-order valence-corrected chi connectivity index (χ0v) is 12.3. The summed E-state index contributed by atoms with van der Waals surface area (Å²) >= 11 is 0. The van der Waals surface area contributed by atoms with Crippen LogP contribution in [0.4, 0.5) is 0 Å². The van der Waals surface area contributed by atoms with E-state index in [9.17, 15) is 8.42 Å². The minimum atomic E-state index is -2.79. The van der Waals surface area contributed by atoms with Crippen molar-refractivity contribution in [3.05, 3.63) is 0 Å². The minimum Gasteiger partial charge on any atom is -0.330 e. The summed E-state index contributed by atoms with van der Waals surface area (Å²) in [5.41, 5.74) is 5.50. The number of rotatable bonds is 8. The summed E-state index contributed by atoms with van der Waals surface area (Å²) in [7, 11) is -2.79. The van der Waals surface area contributed by atoms with Crippen LogP contribution in [0.1, 0.15) is 19.8 Å². The van der Waals surface area contributed by atoms with Gasteiger partial charge in [-0.1, -0.05) is 6.92 Å². The number of piperazine rings is 1. The van der Waals surface area contributed by atoms with E-state index in [1.54, 1.807) is 6.92 Å². The average Bonchev–Trinajstić information content (AvgIpc) is 2.38. The lowest BCUT2D eigenvalue weighted by Crippen LogP contribution is -2.47. The monoisotopic (exact) mass is 277 g/mol. The normalized spacial score (nSPS) is 19.2. The van der Waals surface area contributed by atoms with E-state index in [1.165, 1.54) is 0 Å². The standard InChI is InChI=1S/C12H27N3O2S/c1-2-18(16,17)12-4-7-15-10-8-14(9-11-15)6-3-5-13/h2-13H2,1H3. The van der Waals surface area contributed by atoms with Crippen molar-refractivity contribution in [2.75, 3.05) is 57.3 Å². The summed E-state index contributed by atoms with van der Waals surface area (Å²) in [5.74, 6) is 0.594. The van der Waals surface area contributed by atoms with Crippen LogP contribution in [0.15, 0.2) is 0 Å². The summed E-state index contributed by atoms with van der Waals surface area (Å²) in [6, 6.07) is 0. The van der Waals surface area contributed by atoms with Crippen LogP contribution in [0, 0.1) is 0 Å². The Kier molecular flexibility index (Phi) is 7.14. The molecule has 0 saturated carbocycles. The SMILES string of the molecule is CCS(=O)(=O)CCCN1CCN(CCCN)CC1. The first kappa shape index (κ1) is 15.9. The van der Waals surface area contributed by atoms with Crippen LogP contribution < -0.4 is 5.73 Å². The van der Waals surface area contributed by atoms with Gasteiger partial charge in [-0.2, -0.15) is 0 Å². The highest BCUT2D eigenvalue weighted by Gasteiger charge is 2.16. The maximum absolute atomic E-state index is 11.4. The molecular weight excluding hydrogens is 250 g/mol.